The van der Waals surface area contributed by atoms with Crippen LogP contribution in [0.5, 0.6) is 11.5 Å². The van der Waals surface area contributed by atoms with Gasteiger partial charge in [0.1, 0.15) is 6.61 Å². The number of nitriles is 1. The molecule has 3 rings (SSSR count). The standard InChI is InChI=1S/C23H18N2O4/c1-28-22-11-10-18(13-23(22)29-16-17-6-3-2-4-7-17)12-20(15-24)19-8-5-9-21(14-19)25(26)27/h2-14H,16H2,1H3. The summed E-state index contributed by atoms with van der Waals surface area (Å²) in [6.45, 7) is 0.375. The highest BCUT2D eigenvalue weighted by Crippen LogP contribution is 2.31. The van der Waals surface area contributed by atoms with Crippen LogP contribution in [-0.2, 0) is 6.61 Å². The lowest BCUT2D eigenvalue weighted by Gasteiger charge is -2.12. The zero-order valence-corrected chi connectivity index (χ0v) is 15.7. The summed E-state index contributed by atoms with van der Waals surface area (Å²) in [6.07, 6.45) is 1.66. The van der Waals surface area contributed by atoms with Crippen molar-refractivity contribution in [2.75, 3.05) is 7.11 Å². The summed E-state index contributed by atoms with van der Waals surface area (Å²) < 4.78 is 11.3. The fourth-order valence-corrected chi connectivity index (χ4v) is 2.77. The predicted octanol–water partition coefficient (Wildman–Crippen LogP) is 5.25. The van der Waals surface area contributed by atoms with Gasteiger partial charge in [-0.2, -0.15) is 5.26 Å². The van der Waals surface area contributed by atoms with Crippen molar-refractivity contribution in [2.24, 2.45) is 0 Å². The van der Waals surface area contributed by atoms with Crippen molar-refractivity contribution in [3.8, 4) is 17.6 Å². The lowest BCUT2D eigenvalue weighted by Crippen LogP contribution is -1.98. The van der Waals surface area contributed by atoms with Gasteiger partial charge in [0, 0.05) is 12.1 Å². The molecule has 0 aliphatic heterocycles. The summed E-state index contributed by atoms with van der Waals surface area (Å²) in [5.74, 6) is 1.12. The predicted molar refractivity (Wildman–Crippen MR) is 110 cm³/mol. The topological polar surface area (TPSA) is 85.4 Å². The van der Waals surface area contributed by atoms with Gasteiger partial charge in [-0.3, -0.25) is 10.1 Å². The van der Waals surface area contributed by atoms with E-state index in [1.54, 1.807) is 43.5 Å². The highest BCUT2D eigenvalue weighted by molar-refractivity contribution is 5.90. The maximum absolute atomic E-state index is 11.0. The minimum absolute atomic E-state index is 0.0646. The van der Waals surface area contributed by atoms with Crippen molar-refractivity contribution in [1.82, 2.24) is 0 Å². The van der Waals surface area contributed by atoms with E-state index in [1.165, 1.54) is 12.1 Å². The first-order valence-electron chi connectivity index (χ1n) is 8.82. The number of nitro groups is 1. The molecule has 0 heterocycles. The quantitative estimate of drug-likeness (QED) is 0.240. The summed E-state index contributed by atoms with van der Waals surface area (Å²) in [4.78, 5) is 10.5. The van der Waals surface area contributed by atoms with E-state index in [4.69, 9.17) is 9.47 Å². The van der Waals surface area contributed by atoms with Gasteiger partial charge in [-0.25, -0.2) is 0 Å². The van der Waals surface area contributed by atoms with E-state index < -0.39 is 4.92 Å². The van der Waals surface area contributed by atoms with Crippen LogP contribution in [0.3, 0.4) is 0 Å². The number of hydrogen-bond donors (Lipinski definition) is 0. The maximum atomic E-state index is 11.0. The molecule has 0 aliphatic rings. The van der Waals surface area contributed by atoms with Crippen molar-refractivity contribution in [1.29, 1.82) is 5.26 Å². The van der Waals surface area contributed by atoms with Crippen LogP contribution in [0.1, 0.15) is 16.7 Å². The lowest BCUT2D eigenvalue weighted by molar-refractivity contribution is -0.384. The van der Waals surface area contributed by atoms with Crippen LogP contribution in [0.25, 0.3) is 11.6 Å². The maximum Gasteiger partial charge on any atom is 0.270 e. The second kappa shape index (κ2) is 9.20. The van der Waals surface area contributed by atoms with Crippen LogP contribution in [0.4, 0.5) is 5.69 Å². The third-order valence-corrected chi connectivity index (χ3v) is 4.22. The minimum Gasteiger partial charge on any atom is -0.493 e. The Morgan fingerprint density at radius 2 is 1.86 bits per heavy atom. The van der Waals surface area contributed by atoms with Crippen LogP contribution >= 0.6 is 0 Å². The van der Waals surface area contributed by atoms with Crippen molar-refractivity contribution < 1.29 is 14.4 Å². The van der Waals surface area contributed by atoms with Crippen LogP contribution in [0, 0.1) is 21.4 Å². The summed E-state index contributed by atoms with van der Waals surface area (Å²) in [5, 5.41) is 20.5. The van der Waals surface area contributed by atoms with Gasteiger partial charge < -0.3 is 9.47 Å². The summed E-state index contributed by atoms with van der Waals surface area (Å²) in [7, 11) is 1.56. The number of hydrogen-bond acceptors (Lipinski definition) is 5. The van der Waals surface area contributed by atoms with Crippen LogP contribution in [0.15, 0.2) is 72.8 Å². The Bertz CT molecular complexity index is 1090. The van der Waals surface area contributed by atoms with E-state index in [2.05, 4.69) is 6.07 Å². The molecule has 0 aromatic heterocycles. The number of nitrogens with zero attached hydrogens (tertiary/aromatic N) is 2. The second-order valence-corrected chi connectivity index (χ2v) is 6.16. The zero-order valence-electron chi connectivity index (χ0n) is 15.7. The first-order valence-corrected chi connectivity index (χ1v) is 8.82. The molecule has 0 radical (unpaired) electrons. The molecule has 0 bridgehead atoms. The number of rotatable bonds is 7. The van der Waals surface area contributed by atoms with Crippen molar-refractivity contribution >= 4 is 17.3 Å². The fraction of sp³-hybridized carbons (Fsp3) is 0.0870. The lowest BCUT2D eigenvalue weighted by atomic mass is 10.0. The summed E-state index contributed by atoms with van der Waals surface area (Å²) in [5.41, 5.74) is 2.46. The Morgan fingerprint density at radius 3 is 2.55 bits per heavy atom. The molecular formula is C23H18N2O4. The molecule has 0 atom stereocenters. The minimum atomic E-state index is -0.485. The molecule has 0 fully saturated rings. The molecule has 0 unspecified atom stereocenters. The van der Waals surface area contributed by atoms with E-state index in [9.17, 15) is 15.4 Å². The third kappa shape index (κ3) is 4.99. The van der Waals surface area contributed by atoms with Crippen molar-refractivity contribution in [2.45, 2.75) is 6.61 Å². The number of non-ortho nitro benzene ring substituents is 1. The average molecular weight is 386 g/mol. The largest absolute Gasteiger partial charge is 0.493 e. The SMILES string of the molecule is COc1ccc(C=C(C#N)c2cccc([N+](=O)[O-])c2)cc1OCc1ccccc1. The first-order chi connectivity index (χ1) is 14.1. The Kier molecular flexibility index (Phi) is 6.23. The van der Waals surface area contributed by atoms with Crippen LogP contribution < -0.4 is 9.47 Å². The first kappa shape index (κ1) is 19.6. The van der Waals surface area contributed by atoms with Gasteiger partial charge in [-0.05, 0) is 34.9 Å². The molecule has 29 heavy (non-hydrogen) atoms. The Morgan fingerprint density at radius 1 is 1.07 bits per heavy atom. The summed E-state index contributed by atoms with van der Waals surface area (Å²) >= 11 is 0. The number of benzene rings is 3. The van der Waals surface area contributed by atoms with Gasteiger partial charge in [-0.15, -0.1) is 0 Å². The van der Waals surface area contributed by atoms with E-state index >= 15 is 0 Å². The molecule has 6 heteroatoms. The average Bonchev–Trinajstić information content (AvgIpc) is 2.77. The highest BCUT2D eigenvalue weighted by atomic mass is 16.6. The second-order valence-electron chi connectivity index (χ2n) is 6.16. The number of nitro benzene ring substituents is 1. The zero-order chi connectivity index (χ0) is 20.6. The Hall–Kier alpha value is -4.11. The molecule has 144 valence electrons. The van der Waals surface area contributed by atoms with E-state index in [1.807, 2.05) is 30.3 Å². The highest BCUT2D eigenvalue weighted by Gasteiger charge is 2.10. The molecule has 0 N–H and O–H groups in total. The van der Waals surface area contributed by atoms with Crippen LogP contribution in [-0.4, -0.2) is 12.0 Å². The Labute approximate surface area is 168 Å². The van der Waals surface area contributed by atoms with Crippen molar-refractivity contribution in [3.05, 3.63) is 99.6 Å². The molecule has 3 aromatic rings. The smallest absolute Gasteiger partial charge is 0.270 e. The molecule has 0 spiro atoms. The fourth-order valence-electron chi connectivity index (χ4n) is 2.77. The van der Waals surface area contributed by atoms with Crippen molar-refractivity contribution in [3.63, 3.8) is 0 Å². The van der Waals surface area contributed by atoms with Gasteiger partial charge in [0.05, 0.1) is 23.7 Å². The molecule has 0 saturated heterocycles. The van der Waals surface area contributed by atoms with Gasteiger partial charge in [0.15, 0.2) is 11.5 Å². The normalized spacial score (nSPS) is 10.8. The van der Waals surface area contributed by atoms with Gasteiger partial charge in [0.2, 0.25) is 0 Å². The van der Waals surface area contributed by atoms with E-state index in [-0.39, 0.29) is 5.69 Å². The molecular weight excluding hydrogens is 368 g/mol. The van der Waals surface area contributed by atoms with Crippen LogP contribution in [0.2, 0.25) is 0 Å². The molecule has 0 aliphatic carbocycles. The molecule has 6 nitrogen and oxygen atoms in total. The van der Waals surface area contributed by atoms with Gasteiger partial charge >= 0.3 is 0 Å². The molecule has 0 saturated carbocycles. The van der Waals surface area contributed by atoms with E-state index in [0.29, 0.717) is 29.2 Å². The number of ether oxygens (including phenoxy) is 2. The monoisotopic (exact) mass is 386 g/mol. The van der Waals surface area contributed by atoms with Gasteiger partial charge in [-0.1, -0.05) is 48.5 Å². The Balaban J connectivity index is 1.90. The van der Waals surface area contributed by atoms with Gasteiger partial charge in [0.25, 0.3) is 5.69 Å². The number of allylic oxidation sites excluding steroid dienone is 1. The summed E-state index contributed by atoms with van der Waals surface area (Å²) in [6, 6.07) is 23.2. The molecule has 3 aromatic carbocycles. The molecule has 0 amide bonds. The van der Waals surface area contributed by atoms with E-state index in [0.717, 1.165) is 11.1 Å². The third-order valence-electron chi connectivity index (χ3n) is 4.22. The number of methoxy groups -OCH3 is 1.